The van der Waals surface area contributed by atoms with Crippen molar-refractivity contribution in [3.8, 4) is 0 Å². The Morgan fingerprint density at radius 2 is 2.11 bits per heavy atom. The van der Waals surface area contributed by atoms with E-state index in [4.69, 9.17) is 5.14 Å². The van der Waals surface area contributed by atoms with Crippen LogP contribution in [0.2, 0.25) is 0 Å². The van der Waals surface area contributed by atoms with Crippen molar-refractivity contribution in [2.24, 2.45) is 5.14 Å². The van der Waals surface area contributed by atoms with Crippen LogP contribution in [0.3, 0.4) is 0 Å². The molecule has 0 unspecified atom stereocenters. The second-order valence-corrected chi connectivity index (χ2v) is 9.04. The maximum absolute atomic E-state index is 12.0. The number of thiophene rings is 1. The number of amides is 1. The first kappa shape index (κ1) is 13.5. The zero-order valence-corrected chi connectivity index (χ0v) is 11.7. The first-order valence-electron chi connectivity index (χ1n) is 4.81. The van der Waals surface area contributed by atoms with Gasteiger partial charge >= 0.3 is 0 Å². The lowest BCUT2D eigenvalue weighted by Crippen LogP contribution is -2.34. The average Bonchev–Trinajstić information content (AvgIpc) is 2.56. The monoisotopic (exact) mass is 310 g/mol. The van der Waals surface area contributed by atoms with Gasteiger partial charge < -0.3 is 5.32 Å². The molecule has 0 aromatic carbocycles. The normalized spacial score (nSPS) is 23.0. The van der Waals surface area contributed by atoms with Crippen LogP contribution in [-0.4, -0.2) is 34.5 Å². The van der Waals surface area contributed by atoms with E-state index in [1.165, 1.54) is 0 Å². The molecule has 18 heavy (non-hydrogen) atoms. The Morgan fingerprint density at radius 3 is 2.67 bits per heavy atom. The van der Waals surface area contributed by atoms with E-state index in [2.05, 4.69) is 5.32 Å². The van der Waals surface area contributed by atoms with Crippen molar-refractivity contribution in [2.75, 3.05) is 5.75 Å². The topological polar surface area (TPSA) is 123 Å². The van der Waals surface area contributed by atoms with Crippen LogP contribution >= 0.6 is 11.3 Å². The molecular weight excluding hydrogens is 300 g/mol. The Labute approximate surface area is 108 Å². The standard InChI is InChI=1S/C8H10N2O5S3/c1-4-3-17(12,13)8-5(7(11)10-4)2-6(16-8)18(9,14)15/h2,4H,3H2,1H3,(H,10,11)(H2,9,14,15)/t4-/m0/s1. The van der Waals surface area contributed by atoms with Crippen LogP contribution in [0.25, 0.3) is 0 Å². The number of nitrogens with one attached hydrogen (secondary N) is 1. The second-order valence-electron chi connectivity index (χ2n) is 3.97. The highest BCUT2D eigenvalue weighted by Gasteiger charge is 2.33. The zero-order chi connectivity index (χ0) is 13.7. The van der Waals surface area contributed by atoms with Gasteiger partial charge in [0.2, 0.25) is 10.0 Å². The average molecular weight is 310 g/mol. The van der Waals surface area contributed by atoms with Crippen LogP contribution in [0.15, 0.2) is 14.5 Å². The molecule has 0 radical (unpaired) electrons. The number of fused-ring (bicyclic) bond motifs is 1. The number of nitrogens with two attached hydrogens (primary N) is 1. The summed E-state index contributed by atoms with van der Waals surface area (Å²) in [5.74, 6) is -0.874. The molecular formula is C8H10N2O5S3. The van der Waals surface area contributed by atoms with Crippen LogP contribution in [-0.2, 0) is 19.9 Å². The number of carbonyl (C=O) groups is 1. The van der Waals surface area contributed by atoms with E-state index in [1.807, 2.05) is 0 Å². The highest BCUT2D eigenvalue weighted by molar-refractivity contribution is 7.95. The fourth-order valence-electron chi connectivity index (χ4n) is 1.63. The second kappa shape index (κ2) is 4.02. The molecule has 1 aliphatic rings. The summed E-state index contributed by atoms with van der Waals surface area (Å²) in [6.45, 7) is 1.56. The van der Waals surface area contributed by atoms with Gasteiger partial charge in [-0.15, -0.1) is 11.3 Å². The Morgan fingerprint density at radius 1 is 1.50 bits per heavy atom. The number of rotatable bonds is 1. The largest absolute Gasteiger partial charge is 0.348 e. The maximum atomic E-state index is 12.0. The Kier molecular flexibility index (Phi) is 3.00. The van der Waals surface area contributed by atoms with Crippen molar-refractivity contribution in [2.45, 2.75) is 21.4 Å². The smallest absolute Gasteiger partial charge is 0.253 e. The third-order valence-corrected chi connectivity index (χ3v) is 7.42. The molecule has 1 aliphatic heterocycles. The number of primary sulfonamides is 1. The van der Waals surface area contributed by atoms with E-state index < -0.39 is 31.8 Å². The number of hydrogen-bond acceptors (Lipinski definition) is 6. The highest BCUT2D eigenvalue weighted by Crippen LogP contribution is 2.32. The van der Waals surface area contributed by atoms with Crippen molar-refractivity contribution in [3.05, 3.63) is 11.6 Å². The molecule has 0 fully saturated rings. The molecule has 0 aliphatic carbocycles. The molecule has 1 atom stereocenters. The van der Waals surface area contributed by atoms with Crippen molar-refractivity contribution >= 4 is 37.1 Å². The van der Waals surface area contributed by atoms with E-state index in [0.717, 1.165) is 6.07 Å². The Hall–Kier alpha value is -0.970. The SMILES string of the molecule is C[C@H]1CS(=O)(=O)c2sc(S(N)(=O)=O)cc2C(=O)N1. The van der Waals surface area contributed by atoms with Crippen LogP contribution in [0.5, 0.6) is 0 Å². The van der Waals surface area contributed by atoms with E-state index in [1.54, 1.807) is 6.92 Å². The maximum Gasteiger partial charge on any atom is 0.253 e. The highest BCUT2D eigenvalue weighted by atomic mass is 32.3. The first-order chi connectivity index (χ1) is 8.11. The summed E-state index contributed by atoms with van der Waals surface area (Å²) in [5.41, 5.74) is -0.159. The minimum atomic E-state index is -4.02. The van der Waals surface area contributed by atoms with Gasteiger partial charge in [-0.05, 0) is 13.0 Å². The number of sulfone groups is 1. The van der Waals surface area contributed by atoms with Crippen molar-refractivity contribution in [1.82, 2.24) is 5.32 Å². The van der Waals surface area contributed by atoms with Gasteiger partial charge in [-0.25, -0.2) is 22.0 Å². The Balaban J connectivity index is 2.72. The fraction of sp³-hybridized carbons (Fsp3) is 0.375. The van der Waals surface area contributed by atoms with Gasteiger partial charge in [0.05, 0.1) is 11.3 Å². The molecule has 10 heteroatoms. The fourth-order valence-corrected chi connectivity index (χ4v) is 5.77. The summed E-state index contributed by atoms with van der Waals surface area (Å²) in [6.07, 6.45) is 0. The molecule has 1 amide bonds. The minimum absolute atomic E-state index is 0.159. The van der Waals surface area contributed by atoms with E-state index in [9.17, 15) is 21.6 Å². The summed E-state index contributed by atoms with van der Waals surface area (Å²) >= 11 is 0.507. The summed E-state index contributed by atoms with van der Waals surface area (Å²) in [6, 6.07) is 0.473. The number of sulfonamides is 1. The van der Waals surface area contributed by atoms with Gasteiger partial charge in [0.25, 0.3) is 5.91 Å². The third kappa shape index (κ3) is 2.28. The zero-order valence-electron chi connectivity index (χ0n) is 9.21. The molecule has 1 aromatic rings. The molecule has 1 aromatic heterocycles. The molecule has 2 rings (SSSR count). The van der Waals surface area contributed by atoms with Crippen molar-refractivity contribution in [1.29, 1.82) is 0 Å². The van der Waals surface area contributed by atoms with Gasteiger partial charge in [0, 0.05) is 6.04 Å². The van der Waals surface area contributed by atoms with Gasteiger partial charge in [0.1, 0.15) is 8.42 Å². The summed E-state index contributed by atoms with van der Waals surface area (Å²) in [7, 11) is -7.71. The lowest BCUT2D eigenvalue weighted by molar-refractivity contribution is 0.0943. The molecule has 0 bridgehead atoms. The quantitative estimate of drug-likeness (QED) is 0.710. The Bertz CT molecular complexity index is 716. The van der Waals surface area contributed by atoms with Crippen LogP contribution in [0.1, 0.15) is 17.3 Å². The van der Waals surface area contributed by atoms with Gasteiger partial charge in [-0.2, -0.15) is 0 Å². The lowest BCUT2D eigenvalue weighted by Gasteiger charge is -2.07. The molecule has 100 valence electrons. The summed E-state index contributed by atoms with van der Waals surface area (Å²) < 4.78 is 45.7. The molecule has 2 heterocycles. The van der Waals surface area contributed by atoms with Crippen molar-refractivity contribution < 1.29 is 21.6 Å². The van der Waals surface area contributed by atoms with E-state index in [0.29, 0.717) is 11.3 Å². The van der Waals surface area contributed by atoms with Gasteiger partial charge in [-0.3, -0.25) is 4.79 Å². The molecule has 7 nitrogen and oxygen atoms in total. The molecule has 0 spiro atoms. The third-order valence-electron chi connectivity index (χ3n) is 2.33. The van der Waals surface area contributed by atoms with E-state index >= 15 is 0 Å². The predicted molar refractivity (Wildman–Crippen MR) is 64.7 cm³/mol. The van der Waals surface area contributed by atoms with Gasteiger partial charge in [-0.1, -0.05) is 0 Å². The van der Waals surface area contributed by atoms with Gasteiger partial charge in [0.15, 0.2) is 9.84 Å². The minimum Gasteiger partial charge on any atom is -0.348 e. The van der Waals surface area contributed by atoms with Crippen LogP contribution < -0.4 is 10.5 Å². The first-order valence-corrected chi connectivity index (χ1v) is 8.83. The van der Waals surface area contributed by atoms with Crippen LogP contribution in [0.4, 0.5) is 0 Å². The summed E-state index contributed by atoms with van der Waals surface area (Å²) in [4.78, 5) is 11.7. The summed E-state index contributed by atoms with van der Waals surface area (Å²) in [5, 5.41) is 7.40. The van der Waals surface area contributed by atoms with Crippen molar-refractivity contribution in [3.63, 3.8) is 0 Å². The number of carbonyl (C=O) groups excluding carboxylic acids is 1. The molecule has 0 saturated carbocycles. The predicted octanol–water partition coefficient (Wildman–Crippen LogP) is -0.699. The van der Waals surface area contributed by atoms with E-state index in [-0.39, 0.29) is 19.7 Å². The molecule has 3 N–H and O–H groups in total. The lowest BCUT2D eigenvalue weighted by atomic mass is 10.3. The van der Waals surface area contributed by atoms with Crippen LogP contribution in [0, 0.1) is 0 Å². The molecule has 0 saturated heterocycles. The number of hydrogen-bond donors (Lipinski definition) is 2.